The van der Waals surface area contributed by atoms with E-state index in [1.54, 1.807) is 0 Å². The van der Waals surface area contributed by atoms with Crippen molar-refractivity contribution in [3.8, 4) is 0 Å². The van der Waals surface area contributed by atoms with Gasteiger partial charge in [0.25, 0.3) is 0 Å². The average molecular weight is 250 g/mol. The first kappa shape index (κ1) is 14.0. The van der Waals surface area contributed by atoms with Gasteiger partial charge in [0, 0.05) is 7.05 Å². The molecular weight excluding hydrogens is 232 g/mol. The Morgan fingerprint density at radius 3 is 2.61 bits per heavy atom. The molecular formula is C13H18N2O3. The number of amides is 3. The second kappa shape index (κ2) is 6.64. The molecule has 5 heteroatoms. The first-order valence-corrected chi connectivity index (χ1v) is 5.77. The van der Waals surface area contributed by atoms with Crippen LogP contribution in [-0.4, -0.2) is 30.7 Å². The number of urea groups is 1. The van der Waals surface area contributed by atoms with Gasteiger partial charge in [-0.1, -0.05) is 24.3 Å². The minimum Gasteiger partial charge on any atom is -0.449 e. The number of primary amides is 1. The topological polar surface area (TPSA) is 72.6 Å². The highest BCUT2D eigenvalue weighted by molar-refractivity contribution is 5.89. The van der Waals surface area contributed by atoms with Gasteiger partial charge in [-0.15, -0.1) is 0 Å². The maximum Gasteiger partial charge on any atom is 0.417 e. The summed E-state index contributed by atoms with van der Waals surface area (Å²) in [6.07, 6.45) is 0.830. The Hall–Kier alpha value is -2.04. The summed E-state index contributed by atoms with van der Waals surface area (Å²) in [6.45, 7) is 2.31. The second-order valence-electron chi connectivity index (χ2n) is 4.04. The quantitative estimate of drug-likeness (QED) is 0.831. The van der Waals surface area contributed by atoms with E-state index in [1.165, 1.54) is 18.2 Å². The van der Waals surface area contributed by atoms with Crippen LogP contribution in [-0.2, 0) is 11.2 Å². The van der Waals surface area contributed by atoms with Crippen LogP contribution in [0.2, 0.25) is 0 Å². The molecule has 18 heavy (non-hydrogen) atoms. The lowest BCUT2D eigenvalue weighted by molar-refractivity contribution is 0.117. The van der Waals surface area contributed by atoms with Crippen molar-refractivity contribution in [1.29, 1.82) is 0 Å². The van der Waals surface area contributed by atoms with Crippen molar-refractivity contribution < 1.29 is 14.3 Å². The van der Waals surface area contributed by atoms with Crippen LogP contribution in [0.15, 0.2) is 24.3 Å². The molecule has 0 unspecified atom stereocenters. The van der Waals surface area contributed by atoms with Gasteiger partial charge in [-0.05, 0) is 30.9 Å². The molecule has 0 aromatic heterocycles. The van der Waals surface area contributed by atoms with E-state index < -0.39 is 12.1 Å². The highest BCUT2D eigenvalue weighted by atomic mass is 16.6. The molecule has 1 aromatic rings. The highest BCUT2D eigenvalue weighted by Crippen LogP contribution is 2.09. The molecule has 0 aliphatic rings. The Labute approximate surface area is 107 Å². The van der Waals surface area contributed by atoms with Crippen molar-refractivity contribution in [3.63, 3.8) is 0 Å². The Balaban J connectivity index is 2.29. The van der Waals surface area contributed by atoms with Crippen LogP contribution in [0, 0.1) is 6.92 Å². The Kier molecular flexibility index (Phi) is 5.17. The van der Waals surface area contributed by atoms with Gasteiger partial charge < -0.3 is 10.5 Å². The van der Waals surface area contributed by atoms with Gasteiger partial charge in [0.2, 0.25) is 0 Å². The average Bonchev–Trinajstić information content (AvgIpc) is 2.35. The number of rotatable bonds is 4. The predicted molar refractivity (Wildman–Crippen MR) is 68.2 cm³/mol. The number of aryl methyl sites for hydroxylation is 2. The van der Waals surface area contributed by atoms with Crippen molar-refractivity contribution in [3.05, 3.63) is 35.4 Å². The zero-order valence-electron chi connectivity index (χ0n) is 10.7. The van der Waals surface area contributed by atoms with Crippen LogP contribution in [0.25, 0.3) is 0 Å². The number of hydrogen-bond acceptors (Lipinski definition) is 3. The minimum absolute atomic E-state index is 0.269. The van der Waals surface area contributed by atoms with E-state index in [0.29, 0.717) is 6.42 Å². The van der Waals surface area contributed by atoms with Crippen molar-refractivity contribution in [2.45, 2.75) is 19.8 Å². The number of ether oxygens (including phenoxy) is 1. The largest absolute Gasteiger partial charge is 0.449 e. The molecule has 0 saturated heterocycles. The van der Waals surface area contributed by atoms with Crippen LogP contribution in [0.3, 0.4) is 0 Å². The monoisotopic (exact) mass is 250 g/mol. The van der Waals surface area contributed by atoms with Crippen LogP contribution < -0.4 is 5.73 Å². The first-order chi connectivity index (χ1) is 8.52. The molecule has 0 bridgehead atoms. The van der Waals surface area contributed by atoms with Crippen molar-refractivity contribution >= 4 is 12.1 Å². The molecule has 1 rings (SSSR count). The van der Waals surface area contributed by atoms with E-state index in [-0.39, 0.29) is 6.61 Å². The zero-order chi connectivity index (χ0) is 13.5. The molecule has 0 aliphatic heterocycles. The standard InChI is InChI=1S/C13H18N2O3/c1-10-6-3-4-7-11(10)8-5-9-18-13(17)15(2)12(14)16/h3-4,6-7H,5,8-9H2,1-2H3,(H2,14,16). The number of carbonyl (C=O) groups is 2. The van der Waals surface area contributed by atoms with Crippen LogP contribution >= 0.6 is 0 Å². The molecule has 0 heterocycles. The minimum atomic E-state index is -0.820. The third-order valence-electron chi connectivity index (χ3n) is 2.68. The van der Waals surface area contributed by atoms with Crippen LogP contribution in [0.1, 0.15) is 17.5 Å². The summed E-state index contributed by atoms with van der Waals surface area (Å²) in [5, 5.41) is 0. The van der Waals surface area contributed by atoms with E-state index in [9.17, 15) is 9.59 Å². The van der Waals surface area contributed by atoms with E-state index >= 15 is 0 Å². The van der Waals surface area contributed by atoms with Crippen molar-refractivity contribution in [2.24, 2.45) is 5.73 Å². The lowest BCUT2D eigenvalue weighted by Crippen LogP contribution is -2.37. The number of carbonyl (C=O) groups excluding carboxylic acids is 2. The molecule has 0 atom stereocenters. The van der Waals surface area contributed by atoms with Gasteiger partial charge in [-0.2, -0.15) is 0 Å². The summed E-state index contributed by atoms with van der Waals surface area (Å²) < 4.78 is 4.91. The summed E-state index contributed by atoms with van der Waals surface area (Å²) in [4.78, 5) is 22.7. The summed E-state index contributed by atoms with van der Waals surface area (Å²) in [5.41, 5.74) is 7.39. The number of nitrogens with two attached hydrogens (primary N) is 1. The summed E-state index contributed by atoms with van der Waals surface area (Å²) in [5.74, 6) is 0. The summed E-state index contributed by atoms with van der Waals surface area (Å²) in [7, 11) is 1.28. The van der Waals surface area contributed by atoms with E-state index in [2.05, 4.69) is 0 Å². The maximum absolute atomic E-state index is 11.3. The number of nitrogens with zero attached hydrogens (tertiary/aromatic N) is 1. The molecule has 0 spiro atoms. The Bertz CT molecular complexity index is 432. The van der Waals surface area contributed by atoms with Crippen LogP contribution in [0.5, 0.6) is 0 Å². The molecule has 1 aromatic carbocycles. The lowest BCUT2D eigenvalue weighted by Gasteiger charge is -2.12. The van der Waals surface area contributed by atoms with E-state index in [4.69, 9.17) is 10.5 Å². The van der Waals surface area contributed by atoms with E-state index in [0.717, 1.165) is 11.3 Å². The van der Waals surface area contributed by atoms with E-state index in [1.807, 2.05) is 31.2 Å². The van der Waals surface area contributed by atoms with Gasteiger partial charge >= 0.3 is 12.1 Å². The normalized spacial score (nSPS) is 9.89. The Morgan fingerprint density at radius 2 is 2.00 bits per heavy atom. The third kappa shape index (κ3) is 4.08. The van der Waals surface area contributed by atoms with Crippen molar-refractivity contribution in [2.75, 3.05) is 13.7 Å². The Morgan fingerprint density at radius 1 is 1.33 bits per heavy atom. The maximum atomic E-state index is 11.3. The molecule has 98 valence electrons. The fraction of sp³-hybridized carbons (Fsp3) is 0.385. The number of imide groups is 1. The van der Waals surface area contributed by atoms with Gasteiger partial charge in [-0.3, -0.25) is 0 Å². The van der Waals surface area contributed by atoms with Crippen LogP contribution in [0.4, 0.5) is 9.59 Å². The third-order valence-corrected chi connectivity index (χ3v) is 2.68. The smallest absolute Gasteiger partial charge is 0.417 e. The molecule has 0 saturated carbocycles. The highest BCUT2D eigenvalue weighted by Gasteiger charge is 2.14. The fourth-order valence-electron chi connectivity index (χ4n) is 1.50. The van der Waals surface area contributed by atoms with Gasteiger partial charge in [-0.25, -0.2) is 14.5 Å². The molecule has 2 N–H and O–H groups in total. The second-order valence-corrected chi connectivity index (χ2v) is 4.04. The lowest BCUT2D eigenvalue weighted by atomic mass is 10.0. The van der Waals surface area contributed by atoms with Gasteiger partial charge in [0.1, 0.15) is 0 Å². The molecule has 0 radical (unpaired) electrons. The molecule has 0 aliphatic carbocycles. The molecule has 3 amide bonds. The summed E-state index contributed by atoms with van der Waals surface area (Å²) in [6, 6.07) is 7.24. The number of benzene rings is 1. The van der Waals surface area contributed by atoms with Crippen molar-refractivity contribution in [1.82, 2.24) is 4.90 Å². The first-order valence-electron chi connectivity index (χ1n) is 5.77. The fourth-order valence-corrected chi connectivity index (χ4v) is 1.50. The molecule has 0 fully saturated rings. The zero-order valence-corrected chi connectivity index (χ0v) is 10.7. The SMILES string of the molecule is Cc1ccccc1CCCOC(=O)N(C)C(N)=O. The summed E-state index contributed by atoms with van der Waals surface area (Å²) >= 11 is 0. The van der Waals surface area contributed by atoms with Gasteiger partial charge in [0.15, 0.2) is 0 Å². The number of hydrogen-bond donors (Lipinski definition) is 1. The van der Waals surface area contributed by atoms with Gasteiger partial charge in [0.05, 0.1) is 6.61 Å². The molecule has 5 nitrogen and oxygen atoms in total. The predicted octanol–water partition coefficient (Wildman–Crippen LogP) is 2.07.